The van der Waals surface area contributed by atoms with Gasteiger partial charge in [0.25, 0.3) is 0 Å². The van der Waals surface area contributed by atoms with Crippen molar-refractivity contribution in [3.8, 4) is 0 Å². The predicted molar refractivity (Wildman–Crippen MR) is 101 cm³/mol. The molecule has 0 atom stereocenters. The first-order valence-electron chi connectivity index (χ1n) is 8.47. The zero-order valence-electron chi connectivity index (χ0n) is 16.1. The third kappa shape index (κ3) is 4.58. The lowest BCUT2D eigenvalue weighted by atomic mass is 10.1. The topological polar surface area (TPSA) is 96.7 Å². The van der Waals surface area contributed by atoms with Crippen LogP contribution < -0.4 is 0 Å². The molecular formula is C19H21ClN2O6. The largest absolute Gasteiger partial charge is 0.464 e. The van der Waals surface area contributed by atoms with Crippen molar-refractivity contribution in [2.24, 2.45) is 0 Å². The number of rotatable bonds is 8. The lowest BCUT2D eigenvalue weighted by molar-refractivity contribution is 0.0513. The number of carbonyl (C=O) groups is 3. The first-order valence-corrected chi connectivity index (χ1v) is 8.85. The Hall–Kier alpha value is -2.71. The average Bonchev–Trinajstić information content (AvgIpc) is 3.01. The van der Waals surface area contributed by atoms with Crippen LogP contribution in [0.4, 0.5) is 0 Å². The smallest absolute Gasteiger partial charge is 0.359 e. The molecule has 0 saturated heterocycles. The Kier molecular flexibility index (Phi) is 7.31. The van der Waals surface area contributed by atoms with E-state index in [1.54, 1.807) is 32.0 Å². The average molecular weight is 409 g/mol. The van der Waals surface area contributed by atoms with Gasteiger partial charge in [-0.1, -0.05) is 11.6 Å². The van der Waals surface area contributed by atoms with E-state index < -0.39 is 11.9 Å². The van der Waals surface area contributed by atoms with E-state index in [0.717, 1.165) is 10.2 Å². The highest BCUT2D eigenvalue weighted by Gasteiger charge is 2.29. The van der Waals surface area contributed by atoms with Gasteiger partial charge in [0.2, 0.25) is 0 Å². The number of halogens is 1. The summed E-state index contributed by atoms with van der Waals surface area (Å²) in [4.78, 5) is 37.3. The maximum Gasteiger partial charge on any atom is 0.359 e. The molecule has 8 nitrogen and oxygen atoms in total. The summed E-state index contributed by atoms with van der Waals surface area (Å²) < 4.78 is 16.0. The van der Waals surface area contributed by atoms with Gasteiger partial charge >= 0.3 is 11.9 Å². The minimum atomic E-state index is -0.741. The zero-order chi connectivity index (χ0) is 20.8. The van der Waals surface area contributed by atoms with E-state index >= 15 is 0 Å². The molecule has 0 aliphatic heterocycles. The second-order valence-corrected chi connectivity index (χ2v) is 6.27. The van der Waals surface area contributed by atoms with Gasteiger partial charge in [0, 0.05) is 23.3 Å². The number of ether oxygens (including phenoxy) is 3. The molecule has 0 unspecified atom stereocenters. The Morgan fingerprint density at radius 2 is 1.89 bits per heavy atom. The molecular weight excluding hydrogens is 388 g/mol. The highest BCUT2D eigenvalue weighted by molar-refractivity contribution is 6.31. The van der Waals surface area contributed by atoms with Crippen LogP contribution in [0.15, 0.2) is 18.2 Å². The molecule has 1 heterocycles. The monoisotopic (exact) mass is 408 g/mol. The van der Waals surface area contributed by atoms with Crippen LogP contribution in [0.3, 0.4) is 0 Å². The van der Waals surface area contributed by atoms with Crippen molar-refractivity contribution in [3.63, 3.8) is 0 Å². The first kappa shape index (κ1) is 21.6. The summed E-state index contributed by atoms with van der Waals surface area (Å²) in [6.45, 7) is 3.21. The Morgan fingerprint density at radius 1 is 1.18 bits per heavy atom. The predicted octanol–water partition coefficient (Wildman–Crippen LogP) is 2.84. The summed E-state index contributed by atoms with van der Waals surface area (Å²) >= 11 is 6.00. The zero-order valence-corrected chi connectivity index (χ0v) is 16.8. The fraction of sp³-hybridized carbons (Fsp3) is 0.368. The number of ketones is 1. The second kappa shape index (κ2) is 9.48. The highest BCUT2D eigenvalue weighted by Crippen LogP contribution is 2.21. The summed E-state index contributed by atoms with van der Waals surface area (Å²) in [6, 6.07) is 4.85. The first-order chi connectivity index (χ1) is 13.3. The number of Topliss-reactive ketones (excluding diaryl/α,β-unsaturated/α-hetero) is 1. The normalized spacial score (nSPS) is 10.6. The van der Waals surface area contributed by atoms with Gasteiger partial charge in [-0.25, -0.2) is 14.3 Å². The SMILES string of the molecule is CCOC(=O)c1nn(CC(=O)c2ccc(Cl)c(C)c2)c(C(=O)OC)c1COC. The van der Waals surface area contributed by atoms with Crippen LogP contribution in [-0.2, 0) is 27.4 Å². The summed E-state index contributed by atoms with van der Waals surface area (Å²) in [5.74, 6) is -1.77. The van der Waals surface area contributed by atoms with E-state index in [0.29, 0.717) is 10.6 Å². The van der Waals surface area contributed by atoms with E-state index in [-0.39, 0.29) is 42.5 Å². The molecule has 0 amide bonds. The Bertz CT molecular complexity index is 906. The minimum Gasteiger partial charge on any atom is -0.464 e. The molecule has 0 saturated carbocycles. The Labute approximate surface area is 167 Å². The molecule has 2 rings (SSSR count). The molecule has 0 aliphatic rings. The quantitative estimate of drug-likeness (QED) is 0.489. The van der Waals surface area contributed by atoms with Gasteiger partial charge in [0.05, 0.1) is 20.3 Å². The van der Waals surface area contributed by atoms with E-state index in [4.69, 9.17) is 25.8 Å². The number of methoxy groups -OCH3 is 2. The number of hydrogen-bond acceptors (Lipinski definition) is 7. The van der Waals surface area contributed by atoms with Gasteiger partial charge in [-0.15, -0.1) is 0 Å². The molecule has 0 aliphatic carbocycles. The lowest BCUT2D eigenvalue weighted by Gasteiger charge is -2.08. The number of aryl methyl sites for hydroxylation is 1. The van der Waals surface area contributed by atoms with E-state index in [1.807, 2.05) is 0 Å². The van der Waals surface area contributed by atoms with E-state index in [2.05, 4.69) is 5.10 Å². The maximum atomic E-state index is 12.7. The number of aromatic nitrogens is 2. The number of nitrogens with zero attached hydrogens (tertiary/aromatic N) is 2. The molecule has 0 bridgehead atoms. The van der Waals surface area contributed by atoms with Crippen molar-refractivity contribution < 1.29 is 28.6 Å². The molecule has 0 fully saturated rings. The third-order valence-electron chi connectivity index (χ3n) is 3.96. The molecule has 150 valence electrons. The number of benzene rings is 1. The summed E-state index contributed by atoms with van der Waals surface area (Å²) in [5, 5.41) is 4.68. The van der Waals surface area contributed by atoms with E-state index in [1.165, 1.54) is 14.2 Å². The van der Waals surface area contributed by atoms with Gasteiger partial charge < -0.3 is 14.2 Å². The van der Waals surface area contributed by atoms with Crippen molar-refractivity contribution in [2.45, 2.75) is 27.0 Å². The Balaban J connectivity index is 2.50. The van der Waals surface area contributed by atoms with Crippen molar-refractivity contribution in [2.75, 3.05) is 20.8 Å². The van der Waals surface area contributed by atoms with Crippen LogP contribution in [0, 0.1) is 6.92 Å². The number of esters is 2. The van der Waals surface area contributed by atoms with E-state index in [9.17, 15) is 14.4 Å². The van der Waals surface area contributed by atoms with Crippen LogP contribution >= 0.6 is 11.6 Å². The molecule has 1 aromatic carbocycles. The van der Waals surface area contributed by atoms with Crippen LogP contribution in [0.5, 0.6) is 0 Å². The molecule has 0 spiro atoms. The van der Waals surface area contributed by atoms with Crippen LogP contribution in [0.1, 0.15) is 49.4 Å². The van der Waals surface area contributed by atoms with Gasteiger partial charge in [0.15, 0.2) is 17.2 Å². The van der Waals surface area contributed by atoms with Gasteiger partial charge in [0.1, 0.15) is 6.54 Å². The fourth-order valence-electron chi connectivity index (χ4n) is 2.63. The highest BCUT2D eigenvalue weighted by atomic mass is 35.5. The summed E-state index contributed by atoms with van der Waals surface area (Å²) in [5.41, 5.74) is 1.22. The van der Waals surface area contributed by atoms with Crippen LogP contribution in [0.25, 0.3) is 0 Å². The molecule has 9 heteroatoms. The van der Waals surface area contributed by atoms with Crippen molar-refractivity contribution in [3.05, 3.63) is 51.3 Å². The van der Waals surface area contributed by atoms with Crippen LogP contribution in [0.2, 0.25) is 5.02 Å². The van der Waals surface area contributed by atoms with Gasteiger partial charge in [-0.2, -0.15) is 5.10 Å². The Morgan fingerprint density at radius 3 is 2.46 bits per heavy atom. The van der Waals surface area contributed by atoms with Crippen molar-refractivity contribution in [1.82, 2.24) is 9.78 Å². The molecule has 0 N–H and O–H groups in total. The molecule has 1 aromatic heterocycles. The van der Waals surface area contributed by atoms with Gasteiger partial charge in [-0.3, -0.25) is 4.79 Å². The molecule has 28 heavy (non-hydrogen) atoms. The van der Waals surface area contributed by atoms with Crippen molar-refractivity contribution >= 4 is 29.3 Å². The maximum absolute atomic E-state index is 12.7. The summed E-state index contributed by atoms with van der Waals surface area (Å²) in [7, 11) is 2.61. The third-order valence-corrected chi connectivity index (χ3v) is 4.38. The summed E-state index contributed by atoms with van der Waals surface area (Å²) in [6.07, 6.45) is 0. The number of carbonyl (C=O) groups excluding carboxylic acids is 3. The van der Waals surface area contributed by atoms with Gasteiger partial charge in [-0.05, 0) is 37.6 Å². The number of hydrogen-bond donors (Lipinski definition) is 0. The standard InChI is InChI=1S/C19H21ClN2O6/c1-5-28-18(24)16-13(10-26-3)17(19(25)27-4)22(21-16)9-15(23)12-6-7-14(20)11(2)8-12/h6-8H,5,9-10H2,1-4H3. The van der Waals surface area contributed by atoms with Crippen molar-refractivity contribution in [1.29, 1.82) is 0 Å². The molecule has 0 radical (unpaired) electrons. The minimum absolute atomic E-state index is 0.0357. The fourth-order valence-corrected chi connectivity index (χ4v) is 2.75. The lowest BCUT2D eigenvalue weighted by Crippen LogP contribution is -2.19. The second-order valence-electron chi connectivity index (χ2n) is 5.87. The van der Waals surface area contributed by atoms with Crippen LogP contribution in [-0.4, -0.2) is 48.3 Å². The molecule has 2 aromatic rings.